The van der Waals surface area contributed by atoms with Crippen LogP contribution in [-0.4, -0.2) is 37.2 Å². The fraction of sp³-hybridized carbons (Fsp3) is 0.357. The number of urea groups is 1. The molecule has 0 aromatic heterocycles. The van der Waals surface area contributed by atoms with Gasteiger partial charge in [0.15, 0.2) is 17.6 Å². The van der Waals surface area contributed by atoms with E-state index in [0.717, 1.165) is 0 Å². The van der Waals surface area contributed by atoms with Gasteiger partial charge in [-0.25, -0.2) is 9.59 Å². The molecule has 0 spiro atoms. The lowest BCUT2D eigenvalue weighted by Gasteiger charge is -2.14. The molecule has 1 aromatic carbocycles. The lowest BCUT2D eigenvalue weighted by Crippen LogP contribution is -2.42. The number of amides is 3. The molecule has 9 heteroatoms. The maximum Gasteiger partial charge on any atom is 0.339 e. The smallest absolute Gasteiger partial charge is 0.339 e. The van der Waals surface area contributed by atoms with Crippen LogP contribution in [0.4, 0.5) is 4.79 Å². The summed E-state index contributed by atoms with van der Waals surface area (Å²) in [6.45, 7) is 2.20. The summed E-state index contributed by atoms with van der Waals surface area (Å²) in [4.78, 5) is 34.2. The molecule has 0 radical (unpaired) electrons. The zero-order chi connectivity index (χ0) is 17.0. The topological polar surface area (TPSA) is 117 Å². The number of imide groups is 1. The van der Waals surface area contributed by atoms with Gasteiger partial charge in [0.05, 0.1) is 23.8 Å². The third-order valence-corrected chi connectivity index (χ3v) is 3.22. The quantitative estimate of drug-likeness (QED) is 0.798. The lowest BCUT2D eigenvalue weighted by atomic mass is 10.2. The number of hydrogen-bond acceptors (Lipinski definition) is 6. The van der Waals surface area contributed by atoms with Crippen molar-refractivity contribution in [2.75, 3.05) is 13.2 Å². The number of halogens is 1. The van der Waals surface area contributed by atoms with Crippen LogP contribution in [-0.2, 0) is 9.53 Å². The second-order valence-electron chi connectivity index (χ2n) is 4.74. The first-order chi connectivity index (χ1) is 10.9. The Morgan fingerprint density at radius 3 is 2.70 bits per heavy atom. The Morgan fingerprint density at radius 1 is 1.30 bits per heavy atom. The van der Waals surface area contributed by atoms with Gasteiger partial charge in [-0.2, -0.15) is 0 Å². The average molecular weight is 343 g/mol. The second-order valence-corrected chi connectivity index (χ2v) is 5.14. The lowest BCUT2D eigenvalue weighted by molar-refractivity contribution is -0.127. The van der Waals surface area contributed by atoms with Crippen LogP contribution in [0.5, 0.6) is 11.5 Å². The summed E-state index contributed by atoms with van der Waals surface area (Å²) in [5.74, 6) is -0.933. The highest BCUT2D eigenvalue weighted by Gasteiger charge is 2.23. The van der Waals surface area contributed by atoms with Gasteiger partial charge < -0.3 is 19.9 Å². The minimum absolute atomic E-state index is 0.0953. The Kier molecular flexibility index (Phi) is 5.28. The highest BCUT2D eigenvalue weighted by atomic mass is 35.5. The molecule has 1 aromatic rings. The number of fused-ring (bicyclic) bond motifs is 1. The monoisotopic (exact) mass is 342 g/mol. The molecule has 124 valence electrons. The van der Waals surface area contributed by atoms with Crippen molar-refractivity contribution in [1.82, 2.24) is 5.32 Å². The number of nitrogens with two attached hydrogens (primary N) is 1. The SMILES string of the molecule is C[C@@H](OC(=O)c1cc(Cl)c2c(c1)OCCCO2)C(=O)NC(N)=O. The van der Waals surface area contributed by atoms with Gasteiger partial charge in [0.2, 0.25) is 0 Å². The van der Waals surface area contributed by atoms with Crippen LogP contribution in [0.3, 0.4) is 0 Å². The van der Waals surface area contributed by atoms with E-state index in [1.54, 1.807) is 0 Å². The number of primary amides is 1. The number of hydrogen-bond donors (Lipinski definition) is 2. The average Bonchev–Trinajstić information content (AvgIpc) is 2.71. The molecule has 0 unspecified atom stereocenters. The van der Waals surface area contributed by atoms with Crippen LogP contribution >= 0.6 is 11.6 Å². The molecule has 8 nitrogen and oxygen atoms in total. The molecule has 2 rings (SSSR count). The summed E-state index contributed by atoms with van der Waals surface area (Å²) in [6, 6.07) is 1.75. The van der Waals surface area contributed by atoms with E-state index in [4.69, 9.17) is 31.5 Å². The van der Waals surface area contributed by atoms with E-state index in [9.17, 15) is 14.4 Å². The van der Waals surface area contributed by atoms with E-state index >= 15 is 0 Å². The zero-order valence-electron chi connectivity index (χ0n) is 12.3. The first kappa shape index (κ1) is 16.9. The van der Waals surface area contributed by atoms with E-state index in [1.807, 2.05) is 5.32 Å². The van der Waals surface area contributed by atoms with Crippen LogP contribution in [0.15, 0.2) is 12.1 Å². The van der Waals surface area contributed by atoms with Gasteiger partial charge in [-0.05, 0) is 19.1 Å². The molecule has 0 saturated heterocycles. The number of esters is 1. The molecule has 3 amide bonds. The molecule has 1 heterocycles. The number of benzene rings is 1. The molecule has 0 aliphatic carbocycles. The van der Waals surface area contributed by atoms with Crippen molar-refractivity contribution in [2.45, 2.75) is 19.4 Å². The highest BCUT2D eigenvalue weighted by molar-refractivity contribution is 6.32. The van der Waals surface area contributed by atoms with Crippen LogP contribution in [0.2, 0.25) is 5.02 Å². The number of rotatable bonds is 3. The van der Waals surface area contributed by atoms with Crippen LogP contribution in [0, 0.1) is 0 Å². The summed E-state index contributed by atoms with van der Waals surface area (Å²) in [7, 11) is 0. The predicted octanol–water partition coefficient (Wildman–Crippen LogP) is 1.24. The Balaban J connectivity index is 2.13. The van der Waals surface area contributed by atoms with Crippen molar-refractivity contribution < 1.29 is 28.6 Å². The second kappa shape index (κ2) is 7.19. The van der Waals surface area contributed by atoms with Gasteiger partial charge in [-0.15, -0.1) is 0 Å². The normalized spacial score (nSPS) is 14.3. The first-order valence-corrected chi connectivity index (χ1v) is 7.16. The van der Waals surface area contributed by atoms with Gasteiger partial charge >= 0.3 is 12.0 Å². The number of carbonyl (C=O) groups excluding carboxylic acids is 3. The number of nitrogens with one attached hydrogen (secondary N) is 1. The Morgan fingerprint density at radius 2 is 2.00 bits per heavy atom. The fourth-order valence-electron chi connectivity index (χ4n) is 1.85. The van der Waals surface area contributed by atoms with Crippen LogP contribution < -0.4 is 20.5 Å². The van der Waals surface area contributed by atoms with Crippen molar-refractivity contribution in [2.24, 2.45) is 5.73 Å². The van der Waals surface area contributed by atoms with E-state index in [-0.39, 0.29) is 10.6 Å². The first-order valence-electron chi connectivity index (χ1n) is 6.79. The largest absolute Gasteiger partial charge is 0.489 e. The zero-order valence-corrected chi connectivity index (χ0v) is 13.0. The molecule has 1 aliphatic heterocycles. The molecule has 3 N–H and O–H groups in total. The highest BCUT2D eigenvalue weighted by Crippen LogP contribution is 2.38. The minimum atomic E-state index is -1.20. The van der Waals surface area contributed by atoms with E-state index < -0.39 is 24.0 Å². The third kappa shape index (κ3) is 4.26. The van der Waals surface area contributed by atoms with Gasteiger partial charge in [0.1, 0.15) is 0 Å². The van der Waals surface area contributed by atoms with E-state index in [1.165, 1.54) is 19.1 Å². The summed E-state index contributed by atoms with van der Waals surface area (Å²) in [5, 5.41) is 2.02. The molecular formula is C14H15ClN2O6. The van der Waals surface area contributed by atoms with Crippen molar-refractivity contribution in [1.29, 1.82) is 0 Å². The summed E-state index contributed by atoms with van der Waals surface area (Å²) in [5.41, 5.74) is 4.92. The minimum Gasteiger partial charge on any atom is -0.489 e. The maximum absolute atomic E-state index is 12.1. The van der Waals surface area contributed by atoms with E-state index in [2.05, 4.69) is 0 Å². The molecule has 1 aliphatic rings. The summed E-state index contributed by atoms with van der Waals surface area (Å²) < 4.78 is 15.9. The number of carbonyl (C=O) groups is 3. The van der Waals surface area contributed by atoms with Crippen molar-refractivity contribution in [3.05, 3.63) is 22.7 Å². The van der Waals surface area contributed by atoms with Gasteiger partial charge in [0, 0.05) is 6.42 Å². The molecular weight excluding hydrogens is 328 g/mol. The predicted molar refractivity (Wildman–Crippen MR) is 79.7 cm³/mol. The van der Waals surface area contributed by atoms with E-state index in [0.29, 0.717) is 31.1 Å². The summed E-state index contributed by atoms with van der Waals surface area (Å²) in [6.07, 6.45) is -0.514. The summed E-state index contributed by atoms with van der Waals surface area (Å²) >= 11 is 6.08. The Hall–Kier alpha value is -2.48. The van der Waals surface area contributed by atoms with Crippen LogP contribution in [0.25, 0.3) is 0 Å². The Labute approximate surface area is 136 Å². The maximum atomic E-state index is 12.1. The van der Waals surface area contributed by atoms with Crippen molar-refractivity contribution in [3.63, 3.8) is 0 Å². The Bertz CT molecular complexity index is 648. The van der Waals surface area contributed by atoms with Crippen molar-refractivity contribution >= 4 is 29.5 Å². The molecule has 0 bridgehead atoms. The molecule has 23 heavy (non-hydrogen) atoms. The standard InChI is InChI=1S/C14H15ClN2O6/c1-7(12(18)17-14(16)20)23-13(19)8-5-9(15)11-10(6-8)21-3-2-4-22-11/h5-7H,2-4H2,1H3,(H3,16,17,18,20)/t7-/m1/s1. The van der Waals surface area contributed by atoms with Gasteiger partial charge in [-0.1, -0.05) is 11.6 Å². The molecule has 0 fully saturated rings. The fourth-order valence-corrected chi connectivity index (χ4v) is 2.12. The van der Waals surface area contributed by atoms with Crippen molar-refractivity contribution in [3.8, 4) is 11.5 Å². The van der Waals surface area contributed by atoms with Gasteiger partial charge in [0.25, 0.3) is 5.91 Å². The third-order valence-electron chi connectivity index (χ3n) is 2.94. The number of ether oxygens (including phenoxy) is 3. The van der Waals surface area contributed by atoms with Gasteiger partial charge in [-0.3, -0.25) is 10.1 Å². The molecule has 1 atom stereocenters. The van der Waals surface area contributed by atoms with Crippen LogP contribution in [0.1, 0.15) is 23.7 Å². The molecule has 0 saturated carbocycles.